The van der Waals surface area contributed by atoms with E-state index in [2.05, 4.69) is 4.98 Å². The van der Waals surface area contributed by atoms with Gasteiger partial charge >= 0.3 is 6.09 Å². The standard InChI is InChI=1S/C11H14N2O4/c1-16-9-3-2-4-10(12-9)17-8-5-6-13(7-8)11(14)15/h2-4,8H,5-7H2,1H3,(H,14,15). The van der Waals surface area contributed by atoms with Gasteiger partial charge in [-0.2, -0.15) is 4.98 Å². The number of nitrogens with zero attached hydrogens (tertiary/aromatic N) is 2. The molecule has 1 N–H and O–H groups in total. The van der Waals surface area contributed by atoms with Crippen molar-refractivity contribution in [1.29, 1.82) is 0 Å². The summed E-state index contributed by atoms with van der Waals surface area (Å²) in [6.07, 6.45) is -0.356. The monoisotopic (exact) mass is 238 g/mol. The summed E-state index contributed by atoms with van der Waals surface area (Å²) in [4.78, 5) is 16.2. The molecular weight excluding hydrogens is 224 g/mol. The average Bonchev–Trinajstić information content (AvgIpc) is 2.78. The van der Waals surface area contributed by atoms with E-state index in [1.54, 1.807) is 18.2 Å². The van der Waals surface area contributed by atoms with Crippen LogP contribution in [0.4, 0.5) is 4.79 Å². The SMILES string of the molecule is COc1cccc(OC2CCN(C(=O)O)C2)n1. The first-order chi connectivity index (χ1) is 8.19. The first kappa shape index (κ1) is 11.5. The van der Waals surface area contributed by atoms with Crippen LogP contribution in [0.2, 0.25) is 0 Å². The minimum absolute atomic E-state index is 0.134. The molecule has 1 saturated heterocycles. The molecule has 1 aromatic rings. The molecule has 1 unspecified atom stereocenters. The van der Waals surface area contributed by atoms with Gasteiger partial charge in [-0.3, -0.25) is 0 Å². The lowest BCUT2D eigenvalue weighted by Gasteiger charge is -2.14. The highest BCUT2D eigenvalue weighted by Gasteiger charge is 2.27. The van der Waals surface area contributed by atoms with Gasteiger partial charge in [0.15, 0.2) is 0 Å². The van der Waals surface area contributed by atoms with Gasteiger partial charge in [0.1, 0.15) is 6.10 Å². The van der Waals surface area contributed by atoms with Crippen LogP contribution >= 0.6 is 0 Å². The quantitative estimate of drug-likeness (QED) is 0.857. The topological polar surface area (TPSA) is 71.9 Å². The zero-order chi connectivity index (χ0) is 12.3. The number of pyridine rings is 1. The molecule has 6 nitrogen and oxygen atoms in total. The highest BCUT2D eigenvalue weighted by Crippen LogP contribution is 2.18. The molecule has 1 fully saturated rings. The van der Waals surface area contributed by atoms with Crippen molar-refractivity contribution in [3.05, 3.63) is 18.2 Å². The van der Waals surface area contributed by atoms with E-state index in [1.165, 1.54) is 12.0 Å². The third-order valence-electron chi connectivity index (χ3n) is 2.61. The number of carbonyl (C=O) groups is 1. The Hall–Kier alpha value is -1.98. The van der Waals surface area contributed by atoms with Gasteiger partial charge in [-0.15, -0.1) is 0 Å². The summed E-state index contributed by atoms with van der Waals surface area (Å²) in [6, 6.07) is 5.24. The van der Waals surface area contributed by atoms with Crippen molar-refractivity contribution in [3.8, 4) is 11.8 Å². The molecule has 92 valence electrons. The molecule has 1 atom stereocenters. The predicted molar refractivity (Wildman–Crippen MR) is 59.4 cm³/mol. The zero-order valence-electron chi connectivity index (χ0n) is 9.50. The van der Waals surface area contributed by atoms with E-state index in [0.29, 0.717) is 31.3 Å². The number of rotatable bonds is 3. The lowest BCUT2D eigenvalue weighted by atomic mass is 10.3. The molecule has 0 spiro atoms. The van der Waals surface area contributed by atoms with E-state index in [0.717, 1.165) is 0 Å². The molecule has 6 heteroatoms. The third kappa shape index (κ3) is 2.77. The van der Waals surface area contributed by atoms with Crippen molar-refractivity contribution in [2.45, 2.75) is 12.5 Å². The number of hydrogen-bond acceptors (Lipinski definition) is 4. The number of amides is 1. The second kappa shape index (κ2) is 4.90. The lowest BCUT2D eigenvalue weighted by molar-refractivity contribution is 0.144. The van der Waals surface area contributed by atoms with Crippen LogP contribution in [-0.4, -0.2) is 47.4 Å². The van der Waals surface area contributed by atoms with Crippen LogP contribution in [0.25, 0.3) is 0 Å². The average molecular weight is 238 g/mol. The first-order valence-corrected chi connectivity index (χ1v) is 5.34. The highest BCUT2D eigenvalue weighted by molar-refractivity contribution is 5.65. The van der Waals surface area contributed by atoms with Gasteiger partial charge in [0.25, 0.3) is 0 Å². The summed E-state index contributed by atoms with van der Waals surface area (Å²) in [6.45, 7) is 0.887. The van der Waals surface area contributed by atoms with E-state index in [9.17, 15) is 4.79 Å². The minimum Gasteiger partial charge on any atom is -0.481 e. The second-order valence-corrected chi connectivity index (χ2v) is 3.78. The molecular formula is C11H14N2O4. The van der Waals surface area contributed by atoms with Gasteiger partial charge < -0.3 is 19.5 Å². The van der Waals surface area contributed by atoms with Crippen molar-refractivity contribution in [2.24, 2.45) is 0 Å². The number of hydrogen-bond donors (Lipinski definition) is 1. The maximum absolute atomic E-state index is 10.7. The van der Waals surface area contributed by atoms with E-state index in [-0.39, 0.29) is 6.10 Å². The largest absolute Gasteiger partial charge is 0.481 e. The predicted octanol–water partition coefficient (Wildman–Crippen LogP) is 1.22. The first-order valence-electron chi connectivity index (χ1n) is 5.34. The molecule has 0 aliphatic carbocycles. The van der Waals surface area contributed by atoms with E-state index in [1.807, 2.05) is 0 Å². The van der Waals surface area contributed by atoms with Crippen LogP contribution in [0.5, 0.6) is 11.8 Å². The number of carboxylic acid groups (broad SMARTS) is 1. The minimum atomic E-state index is -0.908. The summed E-state index contributed by atoms with van der Waals surface area (Å²) >= 11 is 0. The molecule has 1 aliphatic rings. The Morgan fingerprint density at radius 3 is 2.94 bits per heavy atom. The van der Waals surface area contributed by atoms with Gasteiger partial charge in [0.05, 0.1) is 13.7 Å². The molecule has 0 radical (unpaired) electrons. The fraction of sp³-hybridized carbons (Fsp3) is 0.455. The van der Waals surface area contributed by atoms with Crippen LogP contribution in [-0.2, 0) is 0 Å². The summed E-state index contributed by atoms with van der Waals surface area (Å²) in [7, 11) is 1.54. The highest BCUT2D eigenvalue weighted by atomic mass is 16.5. The fourth-order valence-corrected chi connectivity index (χ4v) is 1.74. The summed E-state index contributed by atoms with van der Waals surface area (Å²) in [5, 5.41) is 8.81. The summed E-state index contributed by atoms with van der Waals surface area (Å²) in [5.74, 6) is 0.942. The van der Waals surface area contributed by atoms with Crippen molar-refractivity contribution >= 4 is 6.09 Å². The van der Waals surface area contributed by atoms with Gasteiger partial charge in [-0.25, -0.2) is 4.79 Å². The Morgan fingerprint density at radius 2 is 2.29 bits per heavy atom. The van der Waals surface area contributed by atoms with E-state index >= 15 is 0 Å². The van der Waals surface area contributed by atoms with E-state index < -0.39 is 6.09 Å². The normalized spacial score (nSPS) is 19.1. The van der Waals surface area contributed by atoms with Gasteiger partial charge in [-0.1, -0.05) is 6.07 Å². The molecule has 0 saturated carbocycles. The molecule has 0 bridgehead atoms. The maximum atomic E-state index is 10.7. The Bertz CT molecular complexity index is 410. The maximum Gasteiger partial charge on any atom is 0.407 e. The molecule has 17 heavy (non-hydrogen) atoms. The molecule has 2 heterocycles. The molecule has 1 amide bonds. The summed E-state index contributed by atoms with van der Waals surface area (Å²) in [5.41, 5.74) is 0. The number of likely N-dealkylation sites (tertiary alicyclic amines) is 1. The number of aromatic nitrogens is 1. The summed E-state index contributed by atoms with van der Waals surface area (Å²) < 4.78 is 10.6. The van der Waals surface area contributed by atoms with E-state index in [4.69, 9.17) is 14.6 Å². The van der Waals surface area contributed by atoms with Crippen LogP contribution in [0, 0.1) is 0 Å². The second-order valence-electron chi connectivity index (χ2n) is 3.78. The van der Waals surface area contributed by atoms with Crippen LogP contribution in [0.15, 0.2) is 18.2 Å². The van der Waals surface area contributed by atoms with Crippen LogP contribution < -0.4 is 9.47 Å². The van der Waals surface area contributed by atoms with Gasteiger partial charge in [0, 0.05) is 25.1 Å². The van der Waals surface area contributed by atoms with Gasteiger partial charge in [-0.05, 0) is 0 Å². The van der Waals surface area contributed by atoms with Crippen molar-refractivity contribution in [1.82, 2.24) is 9.88 Å². The van der Waals surface area contributed by atoms with Crippen LogP contribution in [0.1, 0.15) is 6.42 Å². The van der Waals surface area contributed by atoms with Crippen LogP contribution in [0.3, 0.4) is 0 Å². The molecule has 1 aromatic heterocycles. The fourth-order valence-electron chi connectivity index (χ4n) is 1.74. The zero-order valence-corrected chi connectivity index (χ0v) is 9.50. The Labute approximate surface area is 98.8 Å². The Kier molecular flexibility index (Phi) is 3.32. The smallest absolute Gasteiger partial charge is 0.407 e. The molecule has 1 aliphatic heterocycles. The Balaban J connectivity index is 1.95. The van der Waals surface area contributed by atoms with Crippen molar-refractivity contribution in [2.75, 3.05) is 20.2 Å². The lowest BCUT2D eigenvalue weighted by Crippen LogP contribution is -2.29. The van der Waals surface area contributed by atoms with Gasteiger partial charge in [0.2, 0.25) is 11.8 Å². The van der Waals surface area contributed by atoms with Crippen molar-refractivity contribution < 1.29 is 19.4 Å². The molecule has 0 aromatic carbocycles. The Morgan fingerprint density at radius 1 is 1.53 bits per heavy atom. The number of methoxy groups -OCH3 is 1. The molecule has 2 rings (SSSR count). The third-order valence-corrected chi connectivity index (χ3v) is 2.61. The number of ether oxygens (including phenoxy) is 2. The van der Waals surface area contributed by atoms with Crippen molar-refractivity contribution in [3.63, 3.8) is 0 Å².